The second-order valence-corrected chi connectivity index (χ2v) is 9.53. The Labute approximate surface area is 222 Å². The highest BCUT2D eigenvalue weighted by atomic mass is 35.5. The van der Waals surface area contributed by atoms with E-state index >= 15 is 0 Å². The normalized spacial score (nSPS) is 17.1. The number of benzene rings is 2. The van der Waals surface area contributed by atoms with Gasteiger partial charge in [0.1, 0.15) is 5.69 Å². The second-order valence-electron chi connectivity index (χ2n) is 9.09. The highest BCUT2D eigenvalue weighted by molar-refractivity contribution is 6.30. The lowest BCUT2D eigenvalue weighted by molar-refractivity contribution is -0.192. The van der Waals surface area contributed by atoms with Crippen molar-refractivity contribution in [1.82, 2.24) is 9.88 Å². The predicted octanol–water partition coefficient (Wildman–Crippen LogP) is 5.37. The molecule has 1 aromatic heterocycles. The average molecular weight is 548 g/mol. The molecule has 38 heavy (non-hydrogen) atoms. The minimum absolute atomic E-state index is 0.134. The Morgan fingerprint density at radius 3 is 2.39 bits per heavy atom. The van der Waals surface area contributed by atoms with Crippen LogP contribution >= 0.6 is 11.6 Å². The number of anilines is 1. The number of hydrogen-bond acceptors (Lipinski definition) is 5. The number of pyridine rings is 1. The van der Waals surface area contributed by atoms with Crippen molar-refractivity contribution in [3.63, 3.8) is 0 Å². The van der Waals surface area contributed by atoms with Gasteiger partial charge in [-0.25, -0.2) is 14.6 Å². The number of rotatable bonds is 4. The average Bonchev–Trinajstić information content (AvgIpc) is 2.89. The Bertz CT molecular complexity index is 1320. The van der Waals surface area contributed by atoms with Gasteiger partial charge in [0.05, 0.1) is 11.9 Å². The summed E-state index contributed by atoms with van der Waals surface area (Å²) in [5, 5.41) is 17.1. The molecule has 0 saturated carbocycles. The maximum Gasteiger partial charge on any atom is 0.490 e. The zero-order valence-corrected chi connectivity index (χ0v) is 20.9. The number of hydrogen-bond donors (Lipinski definition) is 2. The Hall–Kier alpha value is -3.63. The summed E-state index contributed by atoms with van der Waals surface area (Å²) in [5.41, 5.74) is 6.09. The molecule has 3 heterocycles. The fourth-order valence-electron chi connectivity index (χ4n) is 4.83. The lowest BCUT2D eigenvalue weighted by Gasteiger charge is -2.46. The minimum Gasteiger partial charge on any atom is -0.477 e. The SMILES string of the molecule is O=C(O)C(F)(F)F.O=C(O)c1cc2c(cn1)N1CCN(Cc3ccccc3-c3ccc(Cl)cc3)CC1CC2. The standard InChI is InChI=1S/C25H24ClN3O2.C2HF3O2/c26-20-8-5-17(6-9-20)22-4-2-1-3-19(22)15-28-11-12-29-21(16-28)10-7-18-13-23(25(30)31)27-14-24(18)29;3-2(4,5)1(6)7/h1-6,8-9,13-14,21H,7,10-12,15-16H2,(H,30,31);(H,6,7). The zero-order valence-electron chi connectivity index (χ0n) is 20.2. The molecule has 0 amide bonds. The largest absolute Gasteiger partial charge is 0.490 e. The van der Waals surface area contributed by atoms with Crippen LogP contribution in [0.4, 0.5) is 18.9 Å². The molecule has 3 aromatic rings. The van der Waals surface area contributed by atoms with Crippen LogP contribution in [0.2, 0.25) is 5.02 Å². The van der Waals surface area contributed by atoms with Gasteiger partial charge in [0.15, 0.2) is 0 Å². The first kappa shape index (κ1) is 27.4. The minimum atomic E-state index is -5.08. The van der Waals surface area contributed by atoms with Crippen molar-refractivity contribution < 1.29 is 33.0 Å². The zero-order chi connectivity index (χ0) is 27.4. The molecule has 11 heteroatoms. The molecular formula is C27H25ClF3N3O4. The number of aromatic nitrogens is 1. The molecule has 1 atom stereocenters. The number of carboxylic acids is 2. The number of piperazine rings is 1. The summed E-state index contributed by atoms with van der Waals surface area (Å²) in [6.07, 6.45) is -1.41. The van der Waals surface area contributed by atoms with Crippen molar-refractivity contribution in [2.24, 2.45) is 0 Å². The third-order valence-corrected chi connectivity index (χ3v) is 6.87. The first-order valence-electron chi connectivity index (χ1n) is 11.9. The monoisotopic (exact) mass is 547 g/mol. The van der Waals surface area contributed by atoms with Crippen molar-refractivity contribution >= 4 is 29.2 Å². The molecule has 0 bridgehead atoms. The van der Waals surface area contributed by atoms with Gasteiger partial charge in [-0.1, -0.05) is 48.0 Å². The number of carboxylic acid groups (broad SMARTS) is 2. The number of halogens is 4. The number of aryl methyl sites for hydroxylation is 1. The van der Waals surface area contributed by atoms with Crippen LogP contribution in [0.1, 0.15) is 28.0 Å². The third-order valence-electron chi connectivity index (χ3n) is 6.62. The van der Waals surface area contributed by atoms with Crippen LogP contribution in [0.5, 0.6) is 0 Å². The highest BCUT2D eigenvalue weighted by Gasteiger charge is 2.38. The van der Waals surface area contributed by atoms with E-state index in [2.05, 4.69) is 51.2 Å². The van der Waals surface area contributed by atoms with Crippen molar-refractivity contribution in [2.75, 3.05) is 24.5 Å². The van der Waals surface area contributed by atoms with E-state index in [9.17, 15) is 23.1 Å². The maximum absolute atomic E-state index is 11.2. The molecule has 1 saturated heterocycles. The van der Waals surface area contributed by atoms with E-state index in [1.807, 2.05) is 12.1 Å². The third kappa shape index (κ3) is 6.43. The fraction of sp³-hybridized carbons (Fsp3) is 0.296. The van der Waals surface area contributed by atoms with E-state index < -0.39 is 18.1 Å². The van der Waals surface area contributed by atoms with Crippen molar-refractivity contribution in [3.05, 3.63) is 82.6 Å². The van der Waals surface area contributed by atoms with Gasteiger partial charge in [-0.3, -0.25) is 4.90 Å². The van der Waals surface area contributed by atoms with Crippen LogP contribution in [-0.4, -0.2) is 63.9 Å². The summed E-state index contributed by atoms with van der Waals surface area (Å²) in [7, 11) is 0. The molecule has 2 aliphatic rings. The lowest BCUT2D eigenvalue weighted by Crippen LogP contribution is -2.54. The molecule has 5 rings (SSSR count). The first-order valence-corrected chi connectivity index (χ1v) is 12.3. The van der Waals surface area contributed by atoms with E-state index in [0.717, 1.165) is 55.3 Å². The van der Waals surface area contributed by atoms with Crippen molar-refractivity contribution in [2.45, 2.75) is 31.6 Å². The molecule has 1 unspecified atom stereocenters. The van der Waals surface area contributed by atoms with Crippen LogP contribution < -0.4 is 4.90 Å². The highest BCUT2D eigenvalue weighted by Crippen LogP contribution is 2.34. The molecule has 1 fully saturated rings. The summed E-state index contributed by atoms with van der Waals surface area (Å²) >= 11 is 6.07. The quantitative estimate of drug-likeness (QED) is 0.453. The van der Waals surface area contributed by atoms with Gasteiger partial charge in [0, 0.05) is 37.2 Å². The molecular weight excluding hydrogens is 523 g/mol. The number of alkyl halides is 3. The second kappa shape index (κ2) is 11.4. The topological polar surface area (TPSA) is 94.0 Å². The molecule has 0 spiro atoms. The lowest BCUT2D eigenvalue weighted by atomic mass is 9.93. The van der Waals surface area contributed by atoms with Crippen molar-refractivity contribution in [1.29, 1.82) is 0 Å². The molecule has 7 nitrogen and oxygen atoms in total. The molecule has 0 radical (unpaired) electrons. The predicted molar refractivity (Wildman–Crippen MR) is 137 cm³/mol. The van der Waals surface area contributed by atoms with E-state index in [0.29, 0.717) is 6.04 Å². The smallest absolute Gasteiger partial charge is 0.477 e. The maximum atomic E-state index is 11.2. The molecule has 2 aromatic carbocycles. The Morgan fingerprint density at radius 2 is 1.74 bits per heavy atom. The summed E-state index contributed by atoms with van der Waals surface area (Å²) < 4.78 is 31.7. The van der Waals surface area contributed by atoms with Crippen molar-refractivity contribution in [3.8, 4) is 11.1 Å². The summed E-state index contributed by atoms with van der Waals surface area (Å²) in [6.45, 7) is 3.79. The van der Waals surface area contributed by atoms with Crippen LogP contribution in [0.3, 0.4) is 0 Å². The number of carbonyl (C=O) groups is 2. The molecule has 2 N–H and O–H groups in total. The van der Waals surface area contributed by atoms with Crippen LogP contribution in [0.25, 0.3) is 11.1 Å². The van der Waals surface area contributed by atoms with Crippen LogP contribution in [-0.2, 0) is 17.8 Å². The first-order chi connectivity index (χ1) is 18.0. The molecule has 0 aliphatic carbocycles. The summed E-state index contributed by atoms with van der Waals surface area (Å²) in [6, 6.07) is 18.8. The Kier molecular flexibility index (Phi) is 8.23. The van der Waals surface area contributed by atoms with Gasteiger partial charge in [-0.05, 0) is 53.3 Å². The Morgan fingerprint density at radius 1 is 1.05 bits per heavy atom. The Balaban J connectivity index is 0.000000426. The van der Waals surface area contributed by atoms with Gasteiger partial charge in [0.2, 0.25) is 0 Å². The molecule has 2 aliphatic heterocycles. The number of aromatic carboxylic acids is 1. The van der Waals surface area contributed by atoms with E-state index in [1.54, 1.807) is 12.3 Å². The summed E-state index contributed by atoms with van der Waals surface area (Å²) in [5.74, 6) is -3.72. The van der Waals surface area contributed by atoms with Crippen LogP contribution in [0.15, 0.2) is 60.8 Å². The number of aliphatic carboxylic acids is 1. The summed E-state index contributed by atoms with van der Waals surface area (Å²) in [4.78, 5) is 29.2. The fourth-order valence-corrected chi connectivity index (χ4v) is 4.95. The van der Waals surface area contributed by atoms with Crippen LogP contribution in [0, 0.1) is 0 Å². The van der Waals surface area contributed by atoms with E-state index in [1.165, 1.54) is 16.7 Å². The number of fused-ring (bicyclic) bond motifs is 3. The van der Waals surface area contributed by atoms with Gasteiger partial charge in [0.25, 0.3) is 0 Å². The molecule has 200 valence electrons. The van der Waals surface area contributed by atoms with E-state index in [-0.39, 0.29) is 5.69 Å². The van der Waals surface area contributed by atoms with Gasteiger partial charge >= 0.3 is 18.1 Å². The van der Waals surface area contributed by atoms with Gasteiger partial charge in [-0.15, -0.1) is 0 Å². The van der Waals surface area contributed by atoms with Gasteiger partial charge in [-0.2, -0.15) is 13.2 Å². The van der Waals surface area contributed by atoms with Gasteiger partial charge < -0.3 is 15.1 Å². The number of nitrogens with zero attached hydrogens (tertiary/aromatic N) is 3. The van der Waals surface area contributed by atoms with E-state index in [4.69, 9.17) is 21.5 Å².